The van der Waals surface area contributed by atoms with E-state index in [1.165, 1.54) is 87.3 Å². The Bertz CT molecular complexity index is 910. The van der Waals surface area contributed by atoms with Crippen molar-refractivity contribution >= 4 is 11.9 Å². The fourth-order valence-corrected chi connectivity index (χ4v) is 4.88. The van der Waals surface area contributed by atoms with E-state index in [1.54, 1.807) is 6.92 Å². The van der Waals surface area contributed by atoms with Crippen molar-refractivity contribution in [3.8, 4) is 5.75 Å². The Morgan fingerprint density at radius 3 is 2.47 bits per heavy atom. The highest BCUT2D eigenvalue weighted by molar-refractivity contribution is 5.94. The first-order chi connectivity index (χ1) is 16.5. The molecule has 2 nitrogen and oxygen atoms in total. The number of carbonyl (C=O) groups is 1. The van der Waals surface area contributed by atoms with E-state index in [2.05, 4.69) is 44.2 Å². The molecule has 1 aliphatic heterocycles. The highest BCUT2D eigenvalue weighted by Gasteiger charge is 2.16. The van der Waals surface area contributed by atoms with Crippen LogP contribution in [0, 0.1) is 11.8 Å². The van der Waals surface area contributed by atoms with Gasteiger partial charge in [-0.05, 0) is 73.6 Å². The standard InChI is InChI=1S/C17H26O.C15H18O.H2/c1-3-4-5-6-7-8-15-9-10-16-11-14(2)13-18-17(16)12-15;1-12(16)15-10-8-14(9-11-15)7-6-13-4-2-3-5-13;/h9-10,12,14H,3-8,11,13H2,1-2H3;6-11,13H,2-5H2,1H3;1H/b;7-6-;/t14-;;/m1../s1. The molecule has 0 radical (unpaired) electrons. The lowest BCUT2D eigenvalue weighted by molar-refractivity contribution is 0.101. The van der Waals surface area contributed by atoms with E-state index >= 15 is 0 Å². The molecule has 0 amide bonds. The fourth-order valence-electron chi connectivity index (χ4n) is 4.88. The van der Waals surface area contributed by atoms with Gasteiger partial charge in [-0.15, -0.1) is 0 Å². The molecule has 1 atom stereocenters. The van der Waals surface area contributed by atoms with E-state index in [4.69, 9.17) is 4.74 Å². The molecule has 1 heterocycles. The lowest BCUT2D eigenvalue weighted by Crippen LogP contribution is -2.18. The van der Waals surface area contributed by atoms with Crippen LogP contribution in [0.25, 0.3) is 6.08 Å². The minimum absolute atomic E-state index is 0. The van der Waals surface area contributed by atoms with E-state index in [0.29, 0.717) is 5.92 Å². The van der Waals surface area contributed by atoms with Crippen LogP contribution in [0.1, 0.15) is 107 Å². The number of fused-ring (bicyclic) bond motifs is 1. The number of hydrogen-bond donors (Lipinski definition) is 0. The first-order valence-electron chi connectivity index (χ1n) is 13.6. The molecule has 4 rings (SSSR count). The summed E-state index contributed by atoms with van der Waals surface area (Å²) in [6.45, 7) is 7.00. The Balaban J connectivity index is 0.000000241. The van der Waals surface area contributed by atoms with Gasteiger partial charge in [-0.25, -0.2) is 0 Å². The smallest absolute Gasteiger partial charge is 0.159 e. The van der Waals surface area contributed by atoms with E-state index in [9.17, 15) is 4.79 Å². The summed E-state index contributed by atoms with van der Waals surface area (Å²) in [7, 11) is 0. The molecule has 34 heavy (non-hydrogen) atoms. The third-order valence-corrected chi connectivity index (χ3v) is 7.07. The maximum atomic E-state index is 11.1. The first kappa shape index (κ1) is 26.3. The Labute approximate surface area is 209 Å². The number of Topliss-reactive ketones (excluding diaryl/α,β-unsaturated/α-hetero) is 1. The normalized spacial score (nSPS) is 17.7. The number of rotatable bonds is 9. The molecule has 2 heteroatoms. The molecule has 0 bridgehead atoms. The Morgan fingerprint density at radius 1 is 1.03 bits per heavy atom. The molecule has 0 saturated heterocycles. The van der Waals surface area contributed by atoms with E-state index in [1.807, 2.05) is 24.3 Å². The van der Waals surface area contributed by atoms with Gasteiger partial charge in [0.2, 0.25) is 0 Å². The minimum Gasteiger partial charge on any atom is -0.493 e. The molecule has 2 aromatic rings. The quantitative estimate of drug-likeness (QED) is 0.274. The van der Waals surface area contributed by atoms with E-state index in [-0.39, 0.29) is 7.21 Å². The SMILES string of the molecule is CC(=O)c1ccc(/C=C\C2CCCC2)cc1.CCCCCCCc1ccc2c(c1)OC[C@H](C)C2.[HH]. The summed E-state index contributed by atoms with van der Waals surface area (Å²) < 4.78 is 5.82. The van der Waals surface area contributed by atoms with Gasteiger partial charge < -0.3 is 4.74 Å². The molecule has 0 aromatic heterocycles. The molecular weight excluding hydrogens is 416 g/mol. The first-order valence-corrected chi connectivity index (χ1v) is 13.6. The zero-order chi connectivity index (χ0) is 24.2. The van der Waals surface area contributed by atoms with Crippen LogP contribution in [0.5, 0.6) is 5.75 Å². The van der Waals surface area contributed by atoms with Gasteiger partial charge in [0.15, 0.2) is 5.78 Å². The number of aryl methyl sites for hydroxylation is 1. The number of allylic oxidation sites excluding steroid dienone is 1. The Morgan fingerprint density at radius 2 is 1.76 bits per heavy atom. The lowest BCUT2D eigenvalue weighted by Gasteiger charge is -2.23. The average Bonchev–Trinajstić information content (AvgIpc) is 3.37. The van der Waals surface area contributed by atoms with Crippen molar-refractivity contribution in [3.05, 3.63) is 70.8 Å². The van der Waals surface area contributed by atoms with Crippen molar-refractivity contribution in [1.82, 2.24) is 0 Å². The van der Waals surface area contributed by atoms with E-state index in [0.717, 1.165) is 23.8 Å². The van der Waals surface area contributed by atoms with Gasteiger partial charge in [0.1, 0.15) is 5.75 Å². The molecule has 2 aliphatic rings. The summed E-state index contributed by atoms with van der Waals surface area (Å²) in [5, 5.41) is 0. The van der Waals surface area contributed by atoms with Crippen LogP contribution in [0.3, 0.4) is 0 Å². The summed E-state index contributed by atoms with van der Waals surface area (Å²) in [6, 6.07) is 14.7. The molecule has 2 aromatic carbocycles. The molecule has 1 saturated carbocycles. The van der Waals surface area contributed by atoms with Gasteiger partial charge in [0, 0.05) is 6.99 Å². The van der Waals surface area contributed by atoms with Crippen LogP contribution in [0.15, 0.2) is 48.5 Å². The van der Waals surface area contributed by atoms with Crippen molar-refractivity contribution in [2.24, 2.45) is 11.8 Å². The minimum atomic E-state index is 0. The van der Waals surface area contributed by atoms with Crippen molar-refractivity contribution in [2.75, 3.05) is 6.61 Å². The van der Waals surface area contributed by atoms with Gasteiger partial charge in [-0.2, -0.15) is 0 Å². The van der Waals surface area contributed by atoms with Gasteiger partial charge in [-0.3, -0.25) is 4.79 Å². The highest BCUT2D eigenvalue weighted by atomic mass is 16.5. The number of ketones is 1. The summed E-state index contributed by atoms with van der Waals surface area (Å²) in [5.74, 6) is 2.70. The maximum Gasteiger partial charge on any atom is 0.159 e. The number of benzene rings is 2. The molecule has 186 valence electrons. The second-order valence-electron chi connectivity index (χ2n) is 10.3. The number of ether oxygens (including phenoxy) is 1. The van der Waals surface area contributed by atoms with Crippen LogP contribution in [0.4, 0.5) is 0 Å². The summed E-state index contributed by atoms with van der Waals surface area (Å²) in [6.07, 6.45) is 19.1. The Hall–Kier alpha value is -2.35. The molecule has 1 aliphatic carbocycles. The predicted molar refractivity (Wildman–Crippen MR) is 147 cm³/mol. The Kier molecular flexibility index (Phi) is 10.9. The maximum absolute atomic E-state index is 11.1. The van der Waals surface area contributed by atoms with Crippen LogP contribution < -0.4 is 4.74 Å². The van der Waals surface area contributed by atoms with Gasteiger partial charge >= 0.3 is 0 Å². The predicted octanol–water partition coefficient (Wildman–Crippen LogP) is 9.11. The molecule has 0 N–H and O–H groups in total. The monoisotopic (exact) mass is 462 g/mol. The van der Waals surface area contributed by atoms with Crippen LogP contribution in [0.2, 0.25) is 0 Å². The van der Waals surface area contributed by atoms with Gasteiger partial charge in [-0.1, -0.05) is 101 Å². The second-order valence-corrected chi connectivity index (χ2v) is 10.3. The van der Waals surface area contributed by atoms with Gasteiger partial charge in [0.25, 0.3) is 0 Å². The van der Waals surface area contributed by atoms with Crippen LogP contribution >= 0.6 is 0 Å². The van der Waals surface area contributed by atoms with Crippen LogP contribution in [-0.4, -0.2) is 12.4 Å². The average molecular weight is 463 g/mol. The zero-order valence-electron chi connectivity index (χ0n) is 21.7. The topological polar surface area (TPSA) is 26.3 Å². The summed E-state index contributed by atoms with van der Waals surface area (Å²) >= 11 is 0. The third kappa shape index (κ3) is 8.78. The van der Waals surface area contributed by atoms with Crippen LogP contribution in [-0.2, 0) is 12.8 Å². The molecule has 1 fully saturated rings. The second kappa shape index (κ2) is 14.1. The molecular formula is C32H46O2. The highest BCUT2D eigenvalue weighted by Crippen LogP contribution is 2.29. The van der Waals surface area contributed by atoms with E-state index < -0.39 is 0 Å². The third-order valence-electron chi connectivity index (χ3n) is 7.07. The van der Waals surface area contributed by atoms with Crippen molar-refractivity contribution in [2.45, 2.75) is 91.4 Å². The van der Waals surface area contributed by atoms with Crippen molar-refractivity contribution in [3.63, 3.8) is 0 Å². The summed E-state index contributed by atoms with van der Waals surface area (Å²) in [4.78, 5) is 11.1. The number of hydrogen-bond acceptors (Lipinski definition) is 2. The summed E-state index contributed by atoms with van der Waals surface area (Å²) in [5.41, 5.74) is 4.82. The molecule has 0 spiro atoms. The van der Waals surface area contributed by atoms with Crippen molar-refractivity contribution < 1.29 is 11.0 Å². The molecule has 0 unspecified atom stereocenters. The fraction of sp³-hybridized carbons (Fsp3) is 0.531. The van der Waals surface area contributed by atoms with Crippen molar-refractivity contribution in [1.29, 1.82) is 0 Å². The lowest BCUT2D eigenvalue weighted by atomic mass is 9.96. The number of unbranched alkanes of at least 4 members (excludes halogenated alkanes) is 4. The largest absolute Gasteiger partial charge is 0.493 e. The number of carbonyl (C=O) groups excluding carboxylic acids is 1. The van der Waals surface area contributed by atoms with Gasteiger partial charge in [0.05, 0.1) is 6.61 Å². The zero-order valence-corrected chi connectivity index (χ0v) is 21.7.